The van der Waals surface area contributed by atoms with Crippen LogP contribution in [0.3, 0.4) is 0 Å². The Kier molecular flexibility index (Phi) is 12.2. The first-order valence-corrected chi connectivity index (χ1v) is 17.6. The summed E-state index contributed by atoms with van der Waals surface area (Å²) >= 11 is 12.7. The molecule has 0 aromatic heterocycles. The third-order valence-electron chi connectivity index (χ3n) is 8.01. The van der Waals surface area contributed by atoms with Gasteiger partial charge in [-0.1, -0.05) is 85.3 Å². The van der Waals surface area contributed by atoms with Crippen molar-refractivity contribution in [3.05, 3.63) is 87.9 Å². The quantitative estimate of drug-likeness (QED) is 0.208. The van der Waals surface area contributed by atoms with Crippen LogP contribution in [0.15, 0.2) is 71.6 Å². The molecule has 0 spiro atoms. The molecule has 1 N–H and O–H groups in total. The summed E-state index contributed by atoms with van der Waals surface area (Å²) in [7, 11) is -4.24. The van der Waals surface area contributed by atoms with Crippen molar-refractivity contribution in [3.63, 3.8) is 0 Å². The van der Waals surface area contributed by atoms with Gasteiger partial charge in [0, 0.05) is 22.6 Å². The van der Waals surface area contributed by atoms with Crippen molar-refractivity contribution >= 4 is 50.7 Å². The van der Waals surface area contributed by atoms with E-state index < -0.39 is 28.5 Å². The van der Waals surface area contributed by atoms with Gasteiger partial charge in [0.25, 0.3) is 10.0 Å². The maximum Gasteiger partial charge on any atom is 0.264 e. The van der Waals surface area contributed by atoms with Gasteiger partial charge in [-0.15, -0.1) is 0 Å². The molecule has 1 aliphatic rings. The zero-order chi connectivity index (χ0) is 32.6. The van der Waals surface area contributed by atoms with Crippen molar-refractivity contribution < 1.29 is 22.7 Å². The molecule has 1 aliphatic carbocycles. The maximum atomic E-state index is 14.4. The number of nitrogens with zero attached hydrogens (tertiary/aromatic N) is 2. The summed E-state index contributed by atoms with van der Waals surface area (Å²) in [6, 6.07) is 17.3. The first-order valence-electron chi connectivity index (χ1n) is 15.4. The van der Waals surface area contributed by atoms with Gasteiger partial charge in [-0.05, 0) is 75.1 Å². The van der Waals surface area contributed by atoms with E-state index in [0.29, 0.717) is 34.4 Å². The van der Waals surface area contributed by atoms with Crippen LogP contribution in [0.5, 0.6) is 5.75 Å². The average Bonchev–Trinajstić information content (AvgIpc) is 3.02. The van der Waals surface area contributed by atoms with E-state index in [1.807, 2.05) is 13.8 Å². The summed E-state index contributed by atoms with van der Waals surface area (Å²) in [5.74, 6) is -0.517. The smallest absolute Gasteiger partial charge is 0.264 e. The Labute approximate surface area is 276 Å². The van der Waals surface area contributed by atoms with Crippen molar-refractivity contribution in [1.82, 2.24) is 10.2 Å². The maximum absolute atomic E-state index is 14.4. The zero-order valence-corrected chi connectivity index (χ0v) is 28.3. The Bertz CT molecular complexity index is 1580. The number of carbonyl (C=O) groups is 2. The van der Waals surface area contributed by atoms with Gasteiger partial charge in [0.1, 0.15) is 18.3 Å². The third kappa shape index (κ3) is 8.71. The van der Waals surface area contributed by atoms with Crippen molar-refractivity contribution in [2.75, 3.05) is 17.5 Å². The Hall–Kier alpha value is -3.27. The summed E-state index contributed by atoms with van der Waals surface area (Å²) in [4.78, 5) is 29.6. The average molecular weight is 675 g/mol. The molecule has 1 fully saturated rings. The molecule has 0 aliphatic heterocycles. The van der Waals surface area contributed by atoms with Crippen molar-refractivity contribution in [2.24, 2.45) is 0 Å². The number of halogens is 2. The van der Waals surface area contributed by atoms with Gasteiger partial charge in [0.2, 0.25) is 11.8 Å². The minimum atomic E-state index is -4.24. The molecule has 0 saturated heterocycles. The number of rotatable bonds is 13. The van der Waals surface area contributed by atoms with Crippen LogP contribution in [0, 0.1) is 6.92 Å². The molecule has 8 nitrogen and oxygen atoms in total. The number of carbonyl (C=O) groups excluding carboxylic acids is 2. The van der Waals surface area contributed by atoms with Gasteiger partial charge in [0.05, 0.1) is 17.2 Å². The second-order valence-corrected chi connectivity index (χ2v) is 14.0. The third-order valence-corrected chi connectivity index (χ3v) is 10.4. The predicted octanol–water partition coefficient (Wildman–Crippen LogP) is 7.15. The van der Waals surface area contributed by atoms with Gasteiger partial charge in [-0.25, -0.2) is 8.42 Å². The highest BCUT2D eigenvalue weighted by Crippen LogP contribution is 2.33. The number of hydrogen-bond acceptors (Lipinski definition) is 5. The first-order chi connectivity index (χ1) is 21.5. The van der Waals surface area contributed by atoms with E-state index >= 15 is 0 Å². The van der Waals surface area contributed by atoms with E-state index in [1.165, 1.54) is 17.0 Å². The van der Waals surface area contributed by atoms with Crippen molar-refractivity contribution in [1.29, 1.82) is 0 Å². The summed E-state index contributed by atoms with van der Waals surface area (Å²) in [5, 5.41) is 3.93. The largest absolute Gasteiger partial charge is 0.492 e. The van der Waals surface area contributed by atoms with Crippen LogP contribution >= 0.6 is 23.2 Å². The van der Waals surface area contributed by atoms with Gasteiger partial charge >= 0.3 is 0 Å². The van der Waals surface area contributed by atoms with Crippen LogP contribution < -0.4 is 14.4 Å². The number of benzene rings is 3. The minimum absolute atomic E-state index is 0.0169. The summed E-state index contributed by atoms with van der Waals surface area (Å²) in [5.41, 5.74) is 1.70. The Morgan fingerprint density at radius 3 is 2.31 bits per heavy atom. The molecule has 1 saturated carbocycles. The van der Waals surface area contributed by atoms with Crippen LogP contribution in [0.4, 0.5) is 5.69 Å². The lowest BCUT2D eigenvalue weighted by Crippen LogP contribution is -2.54. The number of sulfonamides is 1. The summed E-state index contributed by atoms with van der Waals surface area (Å²) in [6.07, 6.45) is 5.30. The van der Waals surface area contributed by atoms with Gasteiger partial charge in [-0.3, -0.25) is 13.9 Å². The number of para-hydroxylation sites is 2. The summed E-state index contributed by atoms with van der Waals surface area (Å²) < 4.78 is 35.3. The molecule has 0 unspecified atom stereocenters. The number of anilines is 1. The second-order valence-electron chi connectivity index (χ2n) is 11.3. The van der Waals surface area contributed by atoms with Crippen LogP contribution in [-0.2, 0) is 26.2 Å². The molecule has 0 bridgehead atoms. The highest BCUT2D eigenvalue weighted by Gasteiger charge is 2.35. The Morgan fingerprint density at radius 2 is 1.67 bits per heavy atom. The fraction of sp³-hybridized carbons (Fsp3) is 0.412. The van der Waals surface area contributed by atoms with E-state index in [-0.39, 0.29) is 29.1 Å². The topological polar surface area (TPSA) is 96.0 Å². The highest BCUT2D eigenvalue weighted by atomic mass is 35.5. The molecule has 2 amide bonds. The van der Waals surface area contributed by atoms with Crippen LogP contribution in [0.1, 0.15) is 63.5 Å². The molecular formula is C34H41Cl2N3O5S. The van der Waals surface area contributed by atoms with Gasteiger partial charge in [0.15, 0.2) is 0 Å². The molecule has 4 rings (SSSR count). The fourth-order valence-electron chi connectivity index (χ4n) is 5.59. The van der Waals surface area contributed by atoms with E-state index in [1.54, 1.807) is 61.5 Å². The number of amides is 2. The highest BCUT2D eigenvalue weighted by molar-refractivity contribution is 7.92. The number of hydrogen-bond donors (Lipinski definition) is 1. The molecule has 11 heteroatoms. The molecule has 0 heterocycles. The van der Waals surface area contributed by atoms with Crippen molar-refractivity contribution in [2.45, 2.75) is 82.8 Å². The normalized spacial score (nSPS) is 14.4. The zero-order valence-electron chi connectivity index (χ0n) is 26.0. The van der Waals surface area contributed by atoms with E-state index in [9.17, 15) is 18.0 Å². The Balaban J connectivity index is 1.76. The van der Waals surface area contributed by atoms with E-state index in [0.717, 1.165) is 42.0 Å². The van der Waals surface area contributed by atoms with Crippen LogP contribution in [0.25, 0.3) is 0 Å². The molecule has 3 aromatic rings. The van der Waals surface area contributed by atoms with Gasteiger partial charge in [-0.2, -0.15) is 0 Å². The lowest BCUT2D eigenvalue weighted by Gasteiger charge is -2.35. The van der Waals surface area contributed by atoms with E-state index in [4.69, 9.17) is 27.9 Å². The molecule has 45 heavy (non-hydrogen) atoms. The molecular weight excluding hydrogens is 633 g/mol. The number of ether oxygens (including phenoxy) is 1. The number of nitrogens with one attached hydrogen (secondary N) is 1. The first kappa shape index (κ1) is 34.6. The lowest BCUT2D eigenvalue weighted by atomic mass is 9.95. The minimum Gasteiger partial charge on any atom is -0.492 e. The predicted molar refractivity (Wildman–Crippen MR) is 179 cm³/mol. The fourth-order valence-corrected chi connectivity index (χ4v) is 7.48. The summed E-state index contributed by atoms with van der Waals surface area (Å²) in [6.45, 7) is 5.21. The monoisotopic (exact) mass is 673 g/mol. The number of aryl methyl sites for hydroxylation is 1. The molecule has 1 atom stereocenters. The van der Waals surface area contributed by atoms with Crippen LogP contribution in [-0.4, -0.2) is 50.4 Å². The molecule has 242 valence electrons. The van der Waals surface area contributed by atoms with Crippen LogP contribution in [0.2, 0.25) is 10.0 Å². The second kappa shape index (κ2) is 15.8. The van der Waals surface area contributed by atoms with E-state index in [2.05, 4.69) is 5.32 Å². The van der Waals surface area contributed by atoms with Crippen molar-refractivity contribution in [3.8, 4) is 5.75 Å². The molecule has 0 radical (unpaired) electrons. The molecule has 3 aromatic carbocycles. The Morgan fingerprint density at radius 1 is 0.978 bits per heavy atom. The SMILES string of the molecule is CCOc1ccccc1N(CC(=O)N(Cc1ccc(Cl)cc1Cl)[C@H](CC)C(=O)NC1CCCCC1)S(=O)(=O)c1ccc(C)cc1. The lowest BCUT2D eigenvalue weighted by molar-refractivity contribution is -0.140. The standard InChI is InChI=1S/C34H41Cl2N3O5S/c1-4-30(34(41)37-27-11-7-6-8-12-27)38(22-25-17-18-26(35)21-29(25)36)33(40)23-39(31-13-9-10-14-32(31)44-5-2)45(42,43)28-19-15-24(3)16-20-28/h9-10,13-21,27,30H,4-8,11-12,22-23H2,1-3H3,(H,37,41)/t30-/m1/s1. The van der Waals surface area contributed by atoms with Gasteiger partial charge < -0.3 is 15.0 Å².